The van der Waals surface area contributed by atoms with Gasteiger partial charge in [-0.15, -0.1) is 0 Å². The van der Waals surface area contributed by atoms with E-state index in [1.807, 2.05) is 11.8 Å². The summed E-state index contributed by atoms with van der Waals surface area (Å²) in [6.45, 7) is 7.13. The average Bonchev–Trinajstić information content (AvgIpc) is 2.87. The van der Waals surface area contributed by atoms with Crippen LogP contribution in [0.15, 0.2) is 79.1 Å². The number of ether oxygens (including phenoxy) is 1. The van der Waals surface area contributed by atoms with E-state index in [0.717, 1.165) is 18.2 Å². The highest BCUT2D eigenvalue weighted by molar-refractivity contribution is 5.93. The predicted molar refractivity (Wildman–Crippen MR) is 140 cm³/mol. The summed E-state index contributed by atoms with van der Waals surface area (Å²) >= 11 is 0. The van der Waals surface area contributed by atoms with Gasteiger partial charge in [0.05, 0.1) is 29.7 Å². The molecular formula is C29H24F6N4O. The van der Waals surface area contributed by atoms with Gasteiger partial charge in [-0.25, -0.2) is 9.97 Å². The number of aromatic nitrogens is 2. The molecule has 5 rings (SSSR count). The summed E-state index contributed by atoms with van der Waals surface area (Å²) < 4.78 is 85.9. The summed E-state index contributed by atoms with van der Waals surface area (Å²) in [6.07, 6.45) is -9.13. The van der Waals surface area contributed by atoms with E-state index in [0.29, 0.717) is 59.2 Å². The smallest absolute Gasteiger partial charge is 0.417 e. The van der Waals surface area contributed by atoms with Crippen LogP contribution in [0.5, 0.6) is 0 Å². The van der Waals surface area contributed by atoms with E-state index >= 15 is 0 Å². The Morgan fingerprint density at radius 3 is 2.35 bits per heavy atom. The second-order valence-corrected chi connectivity index (χ2v) is 9.60. The number of alkyl halides is 6. The first-order chi connectivity index (χ1) is 18.9. The lowest BCUT2D eigenvalue weighted by Gasteiger charge is -2.32. The third kappa shape index (κ3) is 6.04. The van der Waals surface area contributed by atoms with Crippen LogP contribution >= 0.6 is 0 Å². The topological polar surface area (TPSA) is 50.3 Å². The lowest BCUT2D eigenvalue weighted by atomic mass is 9.98. The van der Waals surface area contributed by atoms with Gasteiger partial charge in [0, 0.05) is 17.6 Å². The molecule has 2 heterocycles. The van der Waals surface area contributed by atoms with Crippen molar-refractivity contribution >= 4 is 22.4 Å². The van der Waals surface area contributed by atoms with Crippen molar-refractivity contribution in [1.29, 1.82) is 0 Å². The van der Waals surface area contributed by atoms with Gasteiger partial charge in [-0.05, 0) is 60.5 Å². The SMILES string of the molecule is C=C1CN(Cc2nc(Nc3ccc(C(F)(F)F)cc3)c3ccc(-c4ccccc4C(F)(F)F)cc3n2)C[C@H](C)O1. The van der Waals surface area contributed by atoms with E-state index in [1.54, 1.807) is 18.2 Å². The Kier molecular flexibility index (Phi) is 7.17. The van der Waals surface area contributed by atoms with Gasteiger partial charge in [-0.2, -0.15) is 26.3 Å². The highest BCUT2D eigenvalue weighted by atomic mass is 19.4. The summed E-state index contributed by atoms with van der Waals surface area (Å²) in [5.41, 5.74) is -0.493. The first-order valence-corrected chi connectivity index (χ1v) is 12.3. The third-order valence-electron chi connectivity index (χ3n) is 6.41. The fourth-order valence-corrected chi connectivity index (χ4v) is 4.73. The standard InChI is InChI=1S/C29H24F6N4O/c1-17-14-39(15-18(2)40-17)16-26-37-25-13-19(22-5-3-4-6-24(22)29(33,34)35)7-12-23(25)27(38-26)36-21-10-8-20(9-11-21)28(30,31)32/h3-13,18H,1,14-16H2,2H3,(H,36,37,38)/t18-/m0/s1. The highest BCUT2D eigenvalue weighted by Crippen LogP contribution is 2.38. The Labute approximate surface area is 226 Å². The number of morpholine rings is 1. The second kappa shape index (κ2) is 10.5. The van der Waals surface area contributed by atoms with Crippen LogP contribution in [0.2, 0.25) is 0 Å². The Morgan fingerprint density at radius 2 is 1.68 bits per heavy atom. The lowest BCUT2D eigenvalue weighted by molar-refractivity contribution is -0.138. The fourth-order valence-electron chi connectivity index (χ4n) is 4.73. The van der Waals surface area contributed by atoms with E-state index in [9.17, 15) is 26.3 Å². The maximum absolute atomic E-state index is 13.7. The van der Waals surface area contributed by atoms with E-state index in [2.05, 4.69) is 21.9 Å². The van der Waals surface area contributed by atoms with Crippen LogP contribution in [-0.2, 0) is 23.6 Å². The summed E-state index contributed by atoms with van der Waals surface area (Å²) in [6, 6.07) is 14.5. The molecule has 11 heteroatoms. The maximum Gasteiger partial charge on any atom is 0.417 e. The van der Waals surface area contributed by atoms with Crippen molar-refractivity contribution in [2.45, 2.75) is 31.9 Å². The van der Waals surface area contributed by atoms with Crippen molar-refractivity contribution in [1.82, 2.24) is 14.9 Å². The molecule has 5 nitrogen and oxygen atoms in total. The lowest BCUT2D eigenvalue weighted by Crippen LogP contribution is -2.39. The Bertz CT molecular complexity index is 1550. The van der Waals surface area contributed by atoms with Gasteiger partial charge in [-0.1, -0.05) is 30.8 Å². The van der Waals surface area contributed by atoms with E-state index in [-0.39, 0.29) is 11.7 Å². The van der Waals surface area contributed by atoms with Crippen molar-refractivity contribution in [2.75, 3.05) is 18.4 Å². The monoisotopic (exact) mass is 558 g/mol. The van der Waals surface area contributed by atoms with Gasteiger partial charge in [0.15, 0.2) is 0 Å². The van der Waals surface area contributed by atoms with Crippen LogP contribution in [0.4, 0.5) is 37.8 Å². The normalized spacial score (nSPS) is 16.7. The molecule has 1 aliphatic heterocycles. The fraction of sp³-hybridized carbons (Fsp3) is 0.241. The van der Waals surface area contributed by atoms with Crippen molar-refractivity contribution in [3.05, 3.63) is 96.0 Å². The number of nitrogens with zero attached hydrogens (tertiary/aromatic N) is 3. The van der Waals surface area contributed by atoms with Gasteiger partial charge in [0.2, 0.25) is 0 Å². The zero-order chi connectivity index (χ0) is 28.7. The zero-order valence-electron chi connectivity index (χ0n) is 21.3. The van der Waals surface area contributed by atoms with Crippen molar-refractivity contribution in [3.63, 3.8) is 0 Å². The molecule has 0 unspecified atom stereocenters. The summed E-state index contributed by atoms with van der Waals surface area (Å²) in [7, 11) is 0. The molecule has 4 aromatic rings. The van der Waals surface area contributed by atoms with Crippen LogP contribution in [0, 0.1) is 0 Å². The Morgan fingerprint density at radius 1 is 0.950 bits per heavy atom. The minimum Gasteiger partial charge on any atom is -0.493 e. The highest BCUT2D eigenvalue weighted by Gasteiger charge is 2.33. The van der Waals surface area contributed by atoms with Gasteiger partial charge < -0.3 is 10.1 Å². The summed E-state index contributed by atoms with van der Waals surface area (Å²) in [5, 5.41) is 3.55. The zero-order valence-corrected chi connectivity index (χ0v) is 21.3. The average molecular weight is 559 g/mol. The number of hydrogen-bond donors (Lipinski definition) is 1. The molecule has 0 radical (unpaired) electrons. The maximum atomic E-state index is 13.7. The second-order valence-electron chi connectivity index (χ2n) is 9.60. The van der Waals surface area contributed by atoms with Gasteiger partial charge in [0.25, 0.3) is 0 Å². The molecule has 1 fully saturated rings. The molecule has 1 atom stereocenters. The van der Waals surface area contributed by atoms with Gasteiger partial charge >= 0.3 is 12.4 Å². The third-order valence-corrected chi connectivity index (χ3v) is 6.41. The molecular weight excluding hydrogens is 534 g/mol. The van der Waals surface area contributed by atoms with Crippen LogP contribution < -0.4 is 5.32 Å². The number of fused-ring (bicyclic) bond motifs is 1. The minimum absolute atomic E-state index is 0.00705. The molecule has 0 bridgehead atoms. The van der Waals surface area contributed by atoms with E-state index < -0.39 is 23.5 Å². The van der Waals surface area contributed by atoms with Gasteiger partial charge in [0.1, 0.15) is 23.5 Å². The van der Waals surface area contributed by atoms with Crippen LogP contribution in [0.25, 0.3) is 22.0 Å². The first kappa shape index (κ1) is 27.4. The van der Waals surface area contributed by atoms with Crippen molar-refractivity contribution < 1.29 is 31.1 Å². The molecule has 0 spiro atoms. The quantitative estimate of drug-likeness (QED) is 0.253. The number of anilines is 2. The van der Waals surface area contributed by atoms with E-state index in [1.165, 1.54) is 30.3 Å². The number of halogens is 6. The van der Waals surface area contributed by atoms with Crippen molar-refractivity contribution in [3.8, 4) is 11.1 Å². The van der Waals surface area contributed by atoms with Crippen molar-refractivity contribution in [2.24, 2.45) is 0 Å². The van der Waals surface area contributed by atoms with Crippen LogP contribution in [0.3, 0.4) is 0 Å². The Balaban J connectivity index is 1.57. The molecule has 1 aliphatic rings. The number of rotatable bonds is 5. The molecule has 3 aromatic carbocycles. The molecule has 208 valence electrons. The number of benzene rings is 3. The molecule has 0 amide bonds. The molecule has 0 saturated carbocycles. The van der Waals surface area contributed by atoms with E-state index in [4.69, 9.17) is 4.74 Å². The number of nitrogens with one attached hydrogen (secondary N) is 1. The first-order valence-electron chi connectivity index (χ1n) is 12.3. The summed E-state index contributed by atoms with van der Waals surface area (Å²) in [5.74, 6) is 1.29. The number of hydrogen-bond acceptors (Lipinski definition) is 5. The molecule has 40 heavy (non-hydrogen) atoms. The molecule has 0 aliphatic carbocycles. The predicted octanol–water partition coefficient (Wildman–Crippen LogP) is 7.81. The Hall–Kier alpha value is -4.12. The molecule has 1 aromatic heterocycles. The van der Waals surface area contributed by atoms with Crippen LogP contribution in [-0.4, -0.2) is 34.1 Å². The molecule has 1 saturated heterocycles. The largest absolute Gasteiger partial charge is 0.493 e. The minimum atomic E-state index is -4.55. The summed E-state index contributed by atoms with van der Waals surface area (Å²) in [4.78, 5) is 11.3. The van der Waals surface area contributed by atoms with Gasteiger partial charge in [-0.3, -0.25) is 4.90 Å². The molecule has 1 N–H and O–H groups in total. The van der Waals surface area contributed by atoms with Crippen LogP contribution in [0.1, 0.15) is 23.9 Å².